The third-order valence-corrected chi connectivity index (χ3v) is 7.47. The highest BCUT2D eigenvalue weighted by Gasteiger charge is 2.21. The zero-order valence-electron chi connectivity index (χ0n) is 19.9. The van der Waals surface area contributed by atoms with Gasteiger partial charge in [-0.15, -0.1) is 0 Å². The molecular weight excluding hydrogens is 436 g/mol. The van der Waals surface area contributed by atoms with Crippen LogP contribution in [0.3, 0.4) is 0 Å². The van der Waals surface area contributed by atoms with Crippen molar-refractivity contribution in [3.05, 3.63) is 131 Å². The van der Waals surface area contributed by atoms with Crippen molar-refractivity contribution in [1.29, 1.82) is 0 Å². The smallest absolute Gasteiger partial charge is 0.0708 e. The highest BCUT2D eigenvalue weighted by molar-refractivity contribution is 6.23. The third kappa shape index (κ3) is 3.34. The van der Waals surface area contributed by atoms with Crippen molar-refractivity contribution in [3.8, 4) is 0 Å². The number of anilines is 2. The van der Waals surface area contributed by atoms with Crippen LogP contribution in [0.25, 0.3) is 44.5 Å². The van der Waals surface area contributed by atoms with Crippen molar-refractivity contribution in [2.75, 3.05) is 11.1 Å². The Morgan fingerprint density at radius 1 is 0.722 bits per heavy atom. The van der Waals surface area contributed by atoms with Gasteiger partial charge < -0.3 is 11.1 Å². The number of hydrogen-bond donors (Lipinski definition) is 2. The Labute approximate surface area is 210 Å². The molecule has 0 radical (unpaired) electrons. The summed E-state index contributed by atoms with van der Waals surface area (Å²) in [6.07, 6.45) is 9.65. The molecule has 1 unspecified atom stereocenters. The highest BCUT2D eigenvalue weighted by atomic mass is 14.9. The van der Waals surface area contributed by atoms with E-state index in [4.69, 9.17) is 5.73 Å². The van der Waals surface area contributed by atoms with Crippen molar-refractivity contribution >= 4 is 55.8 Å². The van der Waals surface area contributed by atoms with Crippen LogP contribution in [0.2, 0.25) is 0 Å². The molecule has 6 aromatic carbocycles. The Balaban J connectivity index is 1.26. The number of allylic oxidation sites excluding steroid dienone is 1. The first kappa shape index (κ1) is 20.8. The van der Waals surface area contributed by atoms with E-state index in [0.717, 1.165) is 28.9 Å². The monoisotopic (exact) mass is 462 g/mol. The maximum Gasteiger partial charge on any atom is 0.0708 e. The third-order valence-electron chi connectivity index (χ3n) is 7.47. The molecule has 0 saturated heterocycles. The van der Waals surface area contributed by atoms with Gasteiger partial charge in [0.05, 0.1) is 17.4 Å². The first-order valence-corrected chi connectivity index (χ1v) is 12.5. The van der Waals surface area contributed by atoms with Gasteiger partial charge in [-0.05, 0) is 61.0 Å². The molecule has 1 heterocycles. The molecule has 1 aliphatic rings. The van der Waals surface area contributed by atoms with E-state index in [1.54, 1.807) is 0 Å². The largest absolute Gasteiger partial charge is 0.397 e. The van der Waals surface area contributed by atoms with Crippen LogP contribution < -0.4 is 11.1 Å². The van der Waals surface area contributed by atoms with Crippen LogP contribution in [-0.2, 0) is 6.42 Å². The SMILES string of the molecule is Nc1c(/C=C\Cc2ccccc2)ccc2c1NC(c1ccc3ccc4cccc5ccc1c3c45)C=C2. The summed E-state index contributed by atoms with van der Waals surface area (Å²) in [7, 11) is 0. The second kappa shape index (κ2) is 8.28. The van der Waals surface area contributed by atoms with Crippen molar-refractivity contribution in [2.45, 2.75) is 12.5 Å². The Bertz CT molecular complexity index is 1780. The molecule has 0 saturated carbocycles. The molecule has 0 fully saturated rings. The molecule has 0 amide bonds. The average molecular weight is 463 g/mol. The molecule has 172 valence electrons. The predicted molar refractivity (Wildman–Crippen MR) is 156 cm³/mol. The van der Waals surface area contributed by atoms with Crippen molar-refractivity contribution in [1.82, 2.24) is 0 Å². The van der Waals surface area contributed by atoms with Gasteiger partial charge in [-0.25, -0.2) is 0 Å². The minimum Gasteiger partial charge on any atom is -0.397 e. The topological polar surface area (TPSA) is 38.0 Å². The van der Waals surface area contributed by atoms with E-state index < -0.39 is 0 Å². The molecular formula is C34H26N2. The number of rotatable bonds is 4. The molecule has 6 aromatic rings. The van der Waals surface area contributed by atoms with E-state index in [0.29, 0.717) is 0 Å². The fourth-order valence-electron chi connectivity index (χ4n) is 5.65. The quantitative estimate of drug-likeness (QED) is 0.203. The minimum absolute atomic E-state index is 0.0490. The molecule has 2 heteroatoms. The van der Waals surface area contributed by atoms with E-state index >= 15 is 0 Å². The second-order valence-electron chi connectivity index (χ2n) is 9.62. The van der Waals surface area contributed by atoms with E-state index in [-0.39, 0.29) is 6.04 Å². The molecule has 1 aliphatic heterocycles. The molecule has 0 aliphatic carbocycles. The Kier molecular flexibility index (Phi) is 4.78. The number of nitrogen functional groups attached to an aromatic ring is 1. The minimum atomic E-state index is 0.0490. The summed E-state index contributed by atoms with van der Waals surface area (Å²) in [4.78, 5) is 0. The number of benzene rings is 6. The zero-order valence-corrected chi connectivity index (χ0v) is 19.9. The van der Waals surface area contributed by atoms with Crippen molar-refractivity contribution in [3.63, 3.8) is 0 Å². The summed E-state index contributed by atoms with van der Waals surface area (Å²) in [5, 5.41) is 11.6. The first-order chi connectivity index (χ1) is 17.8. The Morgan fingerprint density at radius 3 is 2.31 bits per heavy atom. The lowest BCUT2D eigenvalue weighted by Gasteiger charge is -2.26. The number of nitrogens with two attached hydrogens (primary N) is 1. The van der Waals surface area contributed by atoms with Crippen LogP contribution in [0.1, 0.15) is 28.3 Å². The molecule has 1 atom stereocenters. The maximum absolute atomic E-state index is 6.71. The first-order valence-electron chi connectivity index (χ1n) is 12.5. The van der Waals surface area contributed by atoms with Gasteiger partial charge in [0.25, 0.3) is 0 Å². The highest BCUT2D eigenvalue weighted by Crippen LogP contribution is 2.41. The number of hydrogen-bond acceptors (Lipinski definition) is 2. The zero-order chi connectivity index (χ0) is 24.1. The van der Waals surface area contributed by atoms with Gasteiger partial charge in [-0.1, -0.05) is 121 Å². The number of fused-ring (bicyclic) bond motifs is 1. The second-order valence-corrected chi connectivity index (χ2v) is 9.62. The lowest BCUT2D eigenvalue weighted by Crippen LogP contribution is -2.14. The van der Waals surface area contributed by atoms with Crippen LogP contribution in [0, 0.1) is 0 Å². The van der Waals surface area contributed by atoms with Gasteiger partial charge in [-0.2, -0.15) is 0 Å². The van der Waals surface area contributed by atoms with Crippen molar-refractivity contribution < 1.29 is 0 Å². The summed E-state index contributed by atoms with van der Waals surface area (Å²) in [6, 6.07) is 34.8. The molecule has 36 heavy (non-hydrogen) atoms. The molecule has 3 N–H and O–H groups in total. The summed E-state index contributed by atoms with van der Waals surface area (Å²) in [6.45, 7) is 0. The van der Waals surface area contributed by atoms with Crippen LogP contribution in [-0.4, -0.2) is 0 Å². The molecule has 0 spiro atoms. The van der Waals surface area contributed by atoms with Gasteiger partial charge >= 0.3 is 0 Å². The molecule has 0 bridgehead atoms. The standard InChI is InChI=1S/C34H26N2/c35-33-26(11-4-8-22-6-2-1-3-7-22)14-15-27-18-21-30(36-34(27)33)28-19-16-25-13-12-23-9-5-10-24-17-20-29(28)32(25)31(23)24/h1-7,9-21,30,36H,8,35H2/b11-4-. The van der Waals surface area contributed by atoms with Gasteiger partial charge in [0, 0.05) is 0 Å². The van der Waals surface area contributed by atoms with Crippen LogP contribution in [0.4, 0.5) is 11.4 Å². The Hall–Kier alpha value is -4.56. The van der Waals surface area contributed by atoms with Crippen LogP contribution in [0.5, 0.6) is 0 Å². The fourth-order valence-corrected chi connectivity index (χ4v) is 5.65. The summed E-state index contributed by atoms with van der Waals surface area (Å²) < 4.78 is 0. The molecule has 2 nitrogen and oxygen atoms in total. The molecule has 0 aromatic heterocycles. The normalized spacial score (nSPS) is 15.2. The number of nitrogens with one attached hydrogen (secondary N) is 1. The van der Waals surface area contributed by atoms with Gasteiger partial charge in [0.15, 0.2) is 0 Å². The van der Waals surface area contributed by atoms with Gasteiger partial charge in [-0.3, -0.25) is 0 Å². The van der Waals surface area contributed by atoms with Gasteiger partial charge in [0.1, 0.15) is 0 Å². The van der Waals surface area contributed by atoms with Crippen molar-refractivity contribution in [2.24, 2.45) is 0 Å². The lowest BCUT2D eigenvalue weighted by atomic mass is 9.88. The molecule has 7 rings (SSSR count). The average Bonchev–Trinajstić information content (AvgIpc) is 2.93. The summed E-state index contributed by atoms with van der Waals surface area (Å²) in [5.74, 6) is 0. The van der Waals surface area contributed by atoms with Crippen LogP contribution >= 0.6 is 0 Å². The summed E-state index contributed by atoms with van der Waals surface area (Å²) in [5.41, 5.74) is 13.2. The van der Waals surface area contributed by atoms with E-state index in [1.807, 2.05) is 6.07 Å². The summed E-state index contributed by atoms with van der Waals surface area (Å²) >= 11 is 0. The fraction of sp³-hybridized carbons (Fsp3) is 0.0588. The van der Waals surface area contributed by atoms with E-state index in [9.17, 15) is 0 Å². The maximum atomic E-state index is 6.71. The predicted octanol–water partition coefficient (Wildman–Crippen LogP) is 8.60. The van der Waals surface area contributed by atoms with Crippen LogP contribution in [0.15, 0.2) is 109 Å². The van der Waals surface area contributed by atoms with Gasteiger partial charge in [0.2, 0.25) is 0 Å². The van der Waals surface area contributed by atoms with E-state index in [2.05, 4.69) is 121 Å². The Morgan fingerprint density at radius 2 is 1.47 bits per heavy atom. The lowest BCUT2D eigenvalue weighted by molar-refractivity contribution is 0.993. The van der Waals surface area contributed by atoms with E-state index in [1.165, 1.54) is 43.4 Å².